The monoisotopic (exact) mass is 289 g/mol. The van der Waals surface area contributed by atoms with Gasteiger partial charge in [-0.05, 0) is 12.1 Å². The third-order valence-corrected chi connectivity index (χ3v) is 4.71. The van der Waals surface area contributed by atoms with Crippen LogP contribution in [0.15, 0.2) is 24.3 Å². The molecule has 0 aliphatic carbocycles. The van der Waals surface area contributed by atoms with Crippen molar-refractivity contribution in [3.8, 4) is 11.5 Å². The molecule has 114 valence electrons. The third-order valence-electron chi connectivity index (χ3n) is 4.71. The van der Waals surface area contributed by atoms with Crippen LogP contribution in [0.2, 0.25) is 0 Å². The molecule has 1 unspecified atom stereocenters. The minimum atomic E-state index is 0.150. The maximum Gasteiger partial charge on any atom is 0.161 e. The quantitative estimate of drug-likeness (QED) is 0.873. The number of hydrogen-bond donors (Lipinski definition) is 1. The van der Waals surface area contributed by atoms with Gasteiger partial charge in [-0.1, -0.05) is 12.1 Å². The fraction of sp³-hybridized carbons (Fsp3) is 0.625. The Morgan fingerprint density at radius 2 is 1.81 bits per heavy atom. The largest absolute Gasteiger partial charge is 0.486 e. The predicted molar refractivity (Wildman–Crippen MR) is 81.0 cm³/mol. The lowest BCUT2D eigenvalue weighted by atomic mass is 10.1. The molecule has 3 aliphatic heterocycles. The molecule has 0 amide bonds. The van der Waals surface area contributed by atoms with E-state index in [1.807, 2.05) is 24.3 Å². The molecule has 3 aliphatic rings. The van der Waals surface area contributed by atoms with Crippen molar-refractivity contribution in [3.63, 3.8) is 0 Å². The van der Waals surface area contributed by atoms with E-state index in [0.29, 0.717) is 6.61 Å². The van der Waals surface area contributed by atoms with E-state index in [9.17, 15) is 0 Å². The van der Waals surface area contributed by atoms with Gasteiger partial charge in [-0.15, -0.1) is 0 Å². The third kappa shape index (κ3) is 2.86. The Kier molecular flexibility index (Phi) is 3.71. The zero-order chi connectivity index (χ0) is 14.1. The Morgan fingerprint density at radius 1 is 1.05 bits per heavy atom. The summed E-state index contributed by atoms with van der Waals surface area (Å²) in [5.41, 5.74) is 0. The molecular weight excluding hydrogens is 266 g/mol. The fourth-order valence-electron chi connectivity index (χ4n) is 3.28. The summed E-state index contributed by atoms with van der Waals surface area (Å²) in [6, 6.07) is 8.71. The van der Waals surface area contributed by atoms with Gasteiger partial charge < -0.3 is 14.8 Å². The number of nitrogens with one attached hydrogen (secondary N) is 1. The lowest BCUT2D eigenvalue weighted by Gasteiger charge is -2.44. The normalized spacial score (nSPS) is 27.3. The van der Waals surface area contributed by atoms with Crippen LogP contribution in [0.25, 0.3) is 0 Å². The smallest absolute Gasteiger partial charge is 0.161 e. The van der Waals surface area contributed by atoms with Crippen molar-refractivity contribution < 1.29 is 9.47 Å². The van der Waals surface area contributed by atoms with Crippen LogP contribution < -0.4 is 14.8 Å². The Bertz CT molecular complexity index is 484. The maximum absolute atomic E-state index is 6.05. The molecule has 21 heavy (non-hydrogen) atoms. The molecule has 5 nitrogen and oxygen atoms in total. The van der Waals surface area contributed by atoms with Crippen LogP contribution in [0.4, 0.5) is 0 Å². The number of rotatable bonds is 3. The van der Waals surface area contributed by atoms with Crippen molar-refractivity contribution >= 4 is 0 Å². The zero-order valence-electron chi connectivity index (χ0n) is 12.3. The molecule has 2 saturated heterocycles. The lowest BCUT2D eigenvalue weighted by molar-refractivity contribution is 0.0256. The molecule has 2 fully saturated rings. The molecule has 3 heterocycles. The van der Waals surface area contributed by atoms with Gasteiger partial charge in [-0.3, -0.25) is 9.80 Å². The van der Waals surface area contributed by atoms with Gasteiger partial charge in [-0.25, -0.2) is 0 Å². The zero-order valence-corrected chi connectivity index (χ0v) is 12.3. The van der Waals surface area contributed by atoms with Gasteiger partial charge in [-0.2, -0.15) is 0 Å². The van der Waals surface area contributed by atoms with Gasteiger partial charge in [0.1, 0.15) is 12.7 Å². The van der Waals surface area contributed by atoms with Crippen LogP contribution in [0.5, 0.6) is 11.5 Å². The number of nitrogens with zero attached hydrogens (tertiary/aromatic N) is 2. The minimum Gasteiger partial charge on any atom is -0.486 e. The van der Waals surface area contributed by atoms with E-state index in [1.54, 1.807) is 0 Å². The first-order valence-electron chi connectivity index (χ1n) is 7.94. The van der Waals surface area contributed by atoms with Crippen molar-refractivity contribution in [2.75, 3.05) is 52.4 Å². The average Bonchev–Trinajstić information content (AvgIpc) is 2.47. The number of piperazine rings is 1. The highest BCUT2D eigenvalue weighted by atomic mass is 16.6. The lowest BCUT2D eigenvalue weighted by Crippen LogP contribution is -2.62. The molecule has 4 rings (SSSR count). The molecule has 1 aromatic carbocycles. The Balaban J connectivity index is 1.28. The second-order valence-corrected chi connectivity index (χ2v) is 6.15. The summed E-state index contributed by atoms with van der Waals surface area (Å²) in [7, 11) is 0. The number of para-hydroxylation sites is 2. The highest BCUT2D eigenvalue weighted by Crippen LogP contribution is 2.31. The second kappa shape index (κ2) is 5.83. The summed E-state index contributed by atoms with van der Waals surface area (Å²) in [6.45, 7) is 8.57. The first-order valence-corrected chi connectivity index (χ1v) is 7.94. The minimum absolute atomic E-state index is 0.150. The molecule has 5 heteroatoms. The number of fused-ring (bicyclic) bond motifs is 1. The molecule has 0 aromatic heterocycles. The van der Waals surface area contributed by atoms with Gasteiger partial charge in [0.25, 0.3) is 0 Å². The molecule has 1 atom stereocenters. The number of hydrogen-bond acceptors (Lipinski definition) is 5. The van der Waals surface area contributed by atoms with Crippen LogP contribution >= 0.6 is 0 Å². The summed E-state index contributed by atoms with van der Waals surface area (Å²) in [5.74, 6) is 1.75. The second-order valence-electron chi connectivity index (χ2n) is 6.15. The van der Waals surface area contributed by atoms with Gasteiger partial charge in [0.15, 0.2) is 11.5 Å². The van der Waals surface area contributed by atoms with E-state index in [-0.39, 0.29) is 6.10 Å². The van der Waals surface area contributed by atoms with E-state index in [2.05, 4.69) is 15.1 Å². The predicted octanol–water partition coefficient (Wildman–Crippen LogP) is 0.416. The molecular formula is C16H23N3O2. The molecule has 0 bridgehead atoms. The topological polar surface area (TPSA) is 37.0 Å². The molecule has 0 saturated carbocycles. The van der Waals surface area contributed by atoms with E-state index < -0.39 is 0 Å². The fourth-order valence-corrected chi connectivity index (χ4v) is 3.28. The van der Waals surface area contributed by atoms with Gasteiger partial charge in [0, 0.05) is 51.9 Å². The van der Waals surface area contributed by atoms with E-state index in [1.165, 1.54) is 13.1 Å². The summed E-state index contributed by atoms with van der Waals surface area (Å²) in [4.78, 5) is 5.12. The molecule has 1 aromatic rings. The van der Waals surface area contributed by atoms with Crippen molar-refractivity contribution in [2.24, 2.45) is 0 Å². The standard InChI is InChI=1S/C16H23N3O2/c1-2-4-16-15(3-1)20-12-14(21-16)11-18-5-7-19(8-6-18)13-9-17-10-13/h1-4,13-14,17H,5-12H2. The van der Waals surface area contributed by atoms with Crippen molar-refractivity contribution in [3.05, 3.63) is 24.3 Å². The van der Waals surface area contributed by atoms with Crippen molar-refractivity contribution in [2.45, 2.75) is 12.1 Å². The van der Waals surface area contributed by atoms with E-state index in [0.717, 1.165) is 50.3 Å². The van der Waals surface area contributed by atoms with Crippen molar-refractivity contribution in [1.82, 2.24) is 15.1 Å². The van der Waals surface area contributed by atoms with Crippen LogP contribution in [0.1, 0.15) is 0 Å². The average molecular weight is 289 g/mol. The van der Waals surface area contributed by atoms with Crippen LogP contribution in [-0.4, -0.2) is 74.4 Å². The summed E-state index contributed by atoms with van der Waals surface area (Å²) >= 11 is 0. The first-order chi connectivity index (χ1) is 10.4. The molecule has 0 radical (unpaired) electrons. The highest BCUT2D eigenvalue weighted by molar-refractivity contribution is 5.40. The maximum atomic E-state index is 6.05. The van der Waals surface area contributed by atoms with Gasteiger partial charge in [0.2, 0.25) is 0 Å². The van der Waals surface area contributed by atoms with Crippen LogP contribution in [-0.2, 0) is 0 Å². The molecule has 0 spiro atoms. The summed E-state index contributed by atoms with van der Waals surface area (Å²) in [6.07, 6.45) is 0.150. The van der Waals surface area contributed by atoms with Crippen LogP contribution in [0.3, 0.4) is 0 Å². The summed E-state index contributed by atoms with van der Waals surface area (Å²) < 4.78 is 11.8. The van der Waals surface area contributed by atoms with Gasteiger partial charge in [0.05, 0.1) is 0 Å². The van der Waals surface area contributed by atoms with Crippen LogP contribution in [0, 0.1) is 0 Å². The Labute approximate surface area is 125 Å². The number of benzene rings is 1. The van der Waals surface area contributed by atoms with E-state index in [4.69, 9.17) is 9.47 Å². The highest BCUT2D eigenvalue weighted by Gasteiger charge is 2.29. The Hall–Kier alpha value is -1.30. The SMILES string of the molecule is c1ccc2c(c1)OCC(CN1CCN(C3CNC3)CC1)O2. The Morgan fingerprint density at radius 3 is 2.52 bits per heavy atom. The number of ether oxygens (including phenoxy) is 2. The van der Waals surface area contributed by atoms with E-state index >= 15 is 0 Å². The van der Waals surface area contributed by atoms with Crippen molar-refractivity contribution in [1.29, 1.82) is 0 Å². The van der Waals surface area contributed by atoms with Gasteiger partial charge >= 0.3 is 0 Å². The molecule has 1 N–H and O–H groups in total. The summed E-state index contributed by atoms with van der Waals surface area (Å²) in [5, 5.41) is 3.35. The first kappa shape index (κ1) is 13.4.